The zero-order valence-corrected chi connectivity index (χ0v) is 47.9. The van der Waals surface area contributed by atoms with Crippen molar-refractivity contribution in [3.05, 3.63) is 250 Å². The molecule has 0 atom stereocenters. The monoisotopic (exact) mass is 1150 g/mol. The number of benzene rings is 8. The van der Waals surface area contributed by atoms with Crippen LogP contribution < -0.4 is 23.1 Å². The summed E-state index contributed by atoms with van der Waals surface area (Å²) in [7, 11) is -7.99. The number of aryl methyl sites for hydroxylation is 1. The van der Waals surface area contributed by atoms with Crippen molar-refractivity contribution in [3.63, 3.8) is 0 Å². The minimum Gasteiger partial charge on any atom is -0.488 e. The number of hydrogen-bond donors (Lipinski definition) is 0. The number of nitro benzene ring substituents is 1. The number of ether oxygens (including phenoxy) is 1. The van der Waals surface area contributed by atoms with E-state index in [9.17, 15) is 36.5 Å². The molecule has 3 heterocycles. The number of sulfonamides is 2. The molecule has 16 nitrogen and oxygen atoms in total. The van der Waals surface area contributed by atoms with Gasteiger partial charge in [-0.2, -0.15) is 0 Å². The van der Waals surface area contributed by atoms with Gasteiger partial charge in [-0.3, -0.25) is 28.3 Å². The molecule has 3 aliphatic heterocycles. The number of amides is 2. The number of hydrogen-bond acceptors (Lipinski definition) is 11. The Balaban J connectivity index is 0.000000186. The van der Waals surface area contributed by atoms with Crippen molar-refractivity contribution in [3.8, 4) is 5.75 Å². The summed E-state index contributed by atoms with van der Waals surface area (Å²) in [5, 5.41) is 11.1. The Morgan fingerprint density at radius 3 is 1.30 bits per heavy atom. The lowest BCUT2D eigenvalue weighted by molar-refractivity contribution is -0.384. The Hall–Kier alpha value is -9.00. The number of non-ortho nitro benzene ring substituents is 1. The van der Waals surface area contributed by atoms with Crippen LogP contribution in [0.2, 0.25) is 0 Å². The van der Waals surface area contributed by atoms with Crippen molar-refractivity contribution in [2.24, 2.45) is 0 Å². The second-order valence-corrected chi connectivity index (χ2v) is 24.9. The van der Waals surface area contributed by atoms with E-state index in [1.165, 1.54) is 32.9 Å². The van der Waals surface area contributed by atoms with Crippen molar-refractivity contribution >= 4 is 60.3 Å². The molecule has 18 heteroatoms. The second-order valence-electron chi connectivity index (χ2n) is 21.2. The third-order valence-electron chi connectivity index (χ3n) is 15.2. The quantitative estimate of drug-likeness (QED) is 0.0706. The molecular weight excluding hydrogens is 1090 g/mol. The highest BCUT2D eigenvalue weighted by Crippen LogP contribution is 2.37. The maximum atomic E-state index is 14.2. The molecular formula is C65H65N7O9S2. The Bertz CT molecular complexity index is 3750. The van der Waals surface area contributed by atoms with Gasteiger partial charge in [-0.25, -0.2) is 16.8 Å². The molecule has 2 amide bonds. The molecule has 2 saturated heterocycles. The topological polar surface area (TPSA) is 174 Å². The first-order valence-electron chi connectivity index (χ1n) is 27.6. The number of piperazine rings is 2. The predicted octanol–water partition coefficient (Wildman–Crippen LogP) is 11.1. The molecule has 11 rings (SSSR count). The molecule has 8 aromatic carbocycles. The normalized spacial score (nSPS) is 15.0. The van der Waals surface area contributed by atoms with Gasteiger partial charge in [0.1, 0.15) is 11.4 Å². The molecule has 426 valence electrons. The number of para-hydroxylation sites is 2. The number of nitrogens with zero attached hydrogens (tertiary/aromatic N) is 7. The van der Waals surface area contributed by atoms with Crippen LogP contribution in [0.5, 0.6) is 5.75 Å². The molecule has 0 aromatic heterocycles. The van der Waals surface area contributed by atoms with E-state index < -0.39 is 25.0 Å². The summed E-state index contributed by atoms with van der Waals surface area (Å²) in [5.41, 5.74) is 6.26. The number of carbonyl (C=O) groups is 2. The molecule has 8 aromatic rings. The smallest absolute Gasteiger partial charge is 0.269 e. The van der Waals surface area contributed by atoms with Crippen LogP contribution in [0.25, 0.3) is 0 Å². The number of nitro groups is 1. The van der Waals surface area contributed by atoms with E-state index in [1.54, 1.807) is 66.7 Å². The molecule has 0 bridgehead atoms. The van der Waals surface area contributed by atoms with E-state index >= 15 is 0 Å². The fourth-order valence-electron chi connectivity index (χ4n) is 10.4. The number of rotatable bonds is 15. The Morgan fingerprint density at radius 1 is 0.506 bits per heavy atom. The van der Waals surface area contributed by atoms with Gasteiger partial charge in [0.15, 0.2) is 0 Å². The van der Waals surface area contributed by atoms with Crippen molar-refractivity contribution in [1.29, 1.82) is 0 Å². The lowest BCUT2D eigenvalue weighted by atomic mass is 9.94. The molecule has 3 aliphatic rings. The number of carbonyl (C=O) groups excluding carboxylic acids is 2. The van der Waals surface area contributed by atoms with Crippen LogP contribution in [-0.2, 0) is 39.6 Å². The Labute approximate surface area is 485 Å². The predicted molar refractivity (Wildman–Crippen MR) is 324 cm³/mol. The van der Waals surface area contributed by atoms with E-state index in [-0.39, 0.29) is 46.0 Å². The van der Waals surface area contributed by atoms with Gasteiger partial charge < -0.3 is 24.3 Å². The van der Waals surface area contributed by atoms with Gasteiger partial charge >= 0.3 is 0 Å². The first-order valence-corrected chi connectivity index (χ1v) is 30.5. The third kappa shape index (κ3) is 13.5. The maximum Gasteiger partial charge on any atom is 0.269 e. The number of anilines is 4. The van der Waals surface area contributed by atoms with Crippen LogP contribution in [0.3, 0.4) is 0 Å². The minimum absolute atomic E-state index is 0.0469. The highest BCUT2D eigenvalue weighted by atomic mass is 32.2. The summed E-state index contributed by atoms with van der Waals surface area (Å²) < 4.78 is 64.5. The van der Waals surface area contributed by atoms with Gasteiger partial charge in [0, 0.05) is 87.0 Å². The van der Waals surface area contributed by atoms with Crippen LogP contribution in [0.15, 0.2) is 222 Å². The van der Waals surface area contributed by atoms with Gasteiger partial charge in [-0.05, 0) is 147 Å². The minimum atomic E-state index is -4.07. The summed E-state index contributed by atoms with van der Waals surface area (Å²) in [4.78, 5) is 45.5. The van der Waals surface area contributed by atoms with Crippen molar-refractivity contribution in [1.82, 2.24) is 9.80 Å². The first kappa shape index (κ1) is 57.2. The summed E-state index contributed by atoms with van der Waals surface area (Å²) in [6.45, 7) is 9.72. The highest BCUT2D eigenvalue weighted by Gasteiger charge is 2.32. The zero-order valence-electron chi connectivity index (χ0n) is 46.3. The van der Waals surface area contributed by atoms with Crippen molar-refractivity contribution < 1.29 is 36.1 Å². The SMILES string of the molecule is CC1(C)CCc2cc(S(=O)(=O)N(Cc3ccccc3)c3ccc(C(=O)N4CCN(c5ccccc5)CC4)cc3)ccc2O1.O=C(c1ccc(N(Cc2ccccc2)S(=O)(=O)c2ccc([N+](=O)[O-])cc2)cc1)N1CCN(c2ccccc2)CC1. The standard InChI is InChI=1S/C35H37N3O4S.C30H28N4O5S/c1-35(2)20-19-29-25-32(17-18-33(29)42-35)43(40,41)38(26-27-9-5-3-6-10-27)31-15-13-28(14-16-31)34(39)37-23-21-36(22-24-37)30-11-7-4-8-12-30;35-30(32-21-19-31(20-22-32)26-9-5-2-6-10-26)25-11-13-27(14-12-25)33(23-24-7-3-1-4-8-24)40(38,39)29-17-15-28(16-18-29)34(36)37/h3-18,25H,19-24,26H2,1-2H3;1-18H,19-23H2. The lowest BCUT2D eigenvalue weighted by Crippen LogP contribution is -2.48. The molecule has 2 fully saturated rings. The van der Waals surface area contributed by atoms with Gasteiger partial charge in [-0.1, -0.05) is 97.1 Å². The fourth-order valence-corrected chi connectivity index (χ4v) is 13.4. The largest absolute Gasteiger partial charge is 0.488 e. The van der Waals surface area contributed by atoms with Gasteiger partial charge in [0.2, 0.25) is 0 Å². The summed E-state index contributed by atoms with van der Waals surface area (Å²) in [6, 6.07) is 62.4. The molecule has 0 spiro atoms. The third-order valence-corrected chi connectivity index (χ3v) is 18.7. The Morgan fingerprint density at radius 2 is 0.892 bits per heavy atom. The van der Waals surface area contributed by atoms with Gasteiger partial charge in [0.25, 0.3) is 37.5 Å². The van der Waals surface area contributed by atoms with Gasteiger partial charge in [-0.15, -0.1) is 0 Å². The molecule has 83 heavy (non-hydrogen) atoms. The van der Waals surface area contributed by atoms with Crippen LogP contribution in [0.4, 0.5) is 28.4 Å². The first-order chi connectivity index (χ1) is 40.0. The van der Waals surface area contributed by atoms with E-state index in [2.05, 4.69) is 34.1 Å². The average molecular weight is 1150 g/mol. The van der Waals surface area contributed by atoms with Crippen LogP contribution in [0, 0.1) is 10.1 Å². The highest BCUT2D eigenvalue weighted by molar-refractivity contribution is 7.93. The van der Waals surface area contributed by atoms with E-state index in [4.69, 9.17) is 4.74 Å². The summed E-state index contributed by atoms with van der Waals surface area (Å²) in [5.74, 6) is 0.582. The summed E-state index contributed by atoms with van der Waals surface area (Å²) in [6.07, 6.45) is 1.56. The van der Waals surface area contributed by atoms with Gasteiger partial charge in [0.05, 0.1) is 39.2 Å². The molecule has 0 saturated carbocycles. The maximum absolute atomic E-state index is 14.2. The van der Waals surface area contributed by atoms with Crippen molar-refractivity contribution in [2.45, 2.75) is 55.2 Å². The van der Waals surface area contributed by atoms with Crippen LogP contribution >= 0.6 is 0 Å². The van der Waals surface area contributed by atoms with Crippen molar-refractivity contribution in [2.75, 3.05) is 70.8 Å². The van der Waals surface area contributed by atoms with Crippen LogP contribution in [-0.4, -0.2) is 101 Å². The Kier molecular flexibility index (Phi) is 17.3. The molecule has 0 unspecified atom stereocenters. The zero-order chi connectivity index (χ0) is 58.1. The number of fused-ring (bicyclic) bond motifs is 1. The lowest BCUT2D eigenvalue weighted by Gasteiger charge is -2.36. The fraction of sp³-hybridized carbons (Fsp3) is 0.231. The molecule has 0 N–H and O–H groups in total. The summed E-state index contributed by atoms with van der Waals surface area (Å²) >= 11 is 0. The second kappa shape index (κ2) is 25.0. The molecule has 0 aliphatic carbocycles. The van der Waals surface area contributed by atoms with Crippen LogP contribution in [0.1, 0.15) is 57.7 Å². The molecule has 0 radical (unpaired) electrons. The van der Waals surface area contributed by atoms with E-state index in [0.29, 0.717) is 48.7 Å². The van der Waals surface area contributed by atoms with E-state index in [1.807, 2.05) is 121 Å². The average Bonchev–Trinajstić information content (AvgIpc) is 3.59. The van der Waals surface area contributed by atoms with E-state index in [0.717, 1.165) is 72.8 Å².